The van der Waals surface area contributed by atoms with Gasteiger partial charge >= 0.3 is 0 Å². The third kappa shape index (κ3) is 3.80. The van der Waals surface area contributed by atoms with E-state index < -0.39 is 10.0 Å². The second kappa shape index (κ2) is 7.87. The second-order valence-electron chi connectivity index (χ2n) is 6.15. The molecule has 3 rings (SSSR count). The number of amides is 1. The molecule has 1 aromatic carbocycles. The maximum Gasteiger partial charge on any atom is 0.264 e. The number of carbonyl (C=O) groups is 1. The van der Waals surface area contributed by atoms with Gasteiger partial charge in [-0.05, 0) is 36.1 Å². The Morgan fingerprint density at radius 1 is 1.04 bits per heavy atom. The third-order valence-corrected chi connectivity index (χ3v) is 7.47. The highest BCUT2D eigenvalue weighted by Gasteiger charge is 2.31. The molecule has 0 atom stereocenters. The first-order chi connectivity index (χ1) is 12.9. The Hall–Kier alpha value is -2.10. The summed E-state index contributed by atoms with van der Waals surface area (Å²) in [4.78, 5) is 15.2. The highest BCUT2D eigenvalue weighted by Crippen LogP contribution is 2.31. The van der Waals surface area contributed by atoms with E-state index in [1.807, 2.05) is 18.4 Å². The van der Waals surface area contributed by atoms with Crippen LogP contribution in [-0.2, 0) is 10.0 Å². The molecule has 0 saturated carbocycles. The van der Waals surface area contributed by atoms with Crippen molar-refractivity contribution >= 4 is 27.3 Å². The molecule has 0 radical (unpaired) electrons. The molecule has 1 aliphatic heterocycles. The molecular weight excluding hydrogens is 388 g/mol. The summed E-state index contributed by atoms with van der Waals surface area (Å²) in [5.41, 5.74) is 0.949. The van der Waals surface area contributed by atoms with E-state index in [0.29, 0.717) is 29.5 Å². The normalized spacial score (nSPS) is 15.6. The van der Waals surface area contributed by atoms with Crippen molar-refractivity contribution in [3.05, 3.63) is 40.1 Å². The largest absolute Gasteiger partial charge is 0.493 e. The smallest absolute Gasteiger partial charge is 0.264 e. The van der Waals surface area contributed by atoms with E-state index >= 15 is 0 Å². The predicted molar refractivity (Wildman–Crippen MR) is 103 cm³/mol. The van der Waals surface area contributed by atoms with Gasteiger partial charge in [0.1, 0.15) is 0 Å². The van der Waals surface area contributed by atoms with Gasteiger partial charge in [-0.2, -0.15) is 4.31 Å². The molecule has 2 heterocycles. The van der Waals surface area contributed by atoms with Crippen molar-refractivity contribution in [3.63, 3.8) is 0 Å². The lowest BCUT2D eigenvalue weighted by atomic mass is 10.2. The number of ether oxygens (including phenoxy) is 2. The van der Waals surface area contributed by atoms with Crippen molar-refractivity contribution in [3.8, 4) is 11.5 Å². The van der Waals surface area contributed by atoms with Gasteiger partial charge in [-0.3, -0.25) is 4.79 Å². The molecule has 146 valence electrons. The summed E-state index contributed by atoms with van der Waals surface area (Å²) in [7, 11) is -0.707. The standard InChI is InChI=1S/C18H22N2O5S2/c1-13-6-11-26-17(13)18(21)19-7-9-20(10-8-19)27(22,23)14-4-5-15(24-2)16(12-14)25-3/h4-6,11-12H,7-10H2,1-3H3. The van der Waals surface area contributed by atoms with E-state index in [0.717, 1.165) is 5.56 Å². The van der Waals surface area contributed by atoms with Crippen molar-refractivity contribution in [1.29, 1.82) is 0 Å². The molecule has 0 bridgehead atoms. The van der Waals surface area contributed by atoms with Crippen LogP contribution in [0.2, 0.25) is 0 Å². The average Bonchev–Trinajstić information content (AvgIpc) is 3.12. The second-order valence-corrected chi connectivity index (χ2v) is 9.00. The molecule has 1 saturated heterocycles. The minimum absolute atomic E-state index is 0.0364. The highest BCUT2D eigenvalue weighted by atomic mass is 32.2. The van der Waals surface area contributed by atoms with Gasteiger partial charge in [0.05, 0.1) is 24.0 Å². The summed E-state index contributed by atoms with van der Waals surface area (Å²) in [6.45, 7) is 3.15. The summed E-state index contributed by atoms with van der Waals surface area (Å²) < 4.78 is 37.6. The Morgan fingerprint density at radius 2 is 1.70 bits per heavy atom. The van der Waals surface area contributed by atoms with Gasteiger partial charge in [-0.25, -0.2) is 8.42 Å². The maximum atomic E-state index is 12.9. The van der Waals surface area contributed by atoms with Crippen LogP contribution in [0.4, 0.5) is 0 Å². The Bertz CT molecular complexity index is 931. The van der Waals surface area contributed by atoms with Crippen LogP contribution in [0.15, 0.2) is 34.5 Å². The van der Waals surface area contributed by atoms with Crippen LogP contribution in [-0.4, -0.2) is 63.9 Å². The highest BCUT2D eigenvalue weighted by molar-refractivity contribution is 7.89. The number of hydrogen-bond acceptors (Lipinski definition) is 6. The summed E-state index contributed by atoms with van der Waals surface area (Å²) >= 11 is 1.41. The molecule has 0 N–H and O–H groups in total. The van der Waals surface area contributed by atoms with Crippen molar-refractivity contribution in [2.24, 2.45) is 0 Å². The topological polar surface area (TPSA) is 76.2 Å². The molecule has 1 aliphatic rings. The third-order valence-electron chi connectivity index (χ3n) is 4.57. The zero-order valence-electron chi connectivity index (χ0n) is 15.5. The molecule has 0 unspecified atom stereocenters. The van der Waals surface area contributed by atoms with E-state index in [4.69, 9.17) is 9.47 Å². The number of rotatable bonds is 5. The Morgan fingerprint density at radius 3 is 2.26 bits per heavy atom. The van der Waals surface area contributed by atoms with Crippen molar-refractivity contribution in [2.75, 3.05) is 40.4 Å². The number of hydrogen-bond donors (Lipinski definition) is 0. The van der Waals surface area contributed by atoms with Crippen LogP contribution < -0.4 is 9.47 Å². The van der Waals surface area contributed by atoms with E-state index in [-0.39, 0.29) is 23.9 Å². The fraction of sp³-hybridized carbons (Fsp3) is 0.389. The Kier molecular flexibility index (Phi) is 5.73. The number of sulfonamides is 1. The summed E-state index contributed by atoms with van der Waals surface area (Å²) in [6.07, 6.45) is 0. The van der Waals surface area contributed by atoms with E-state index in [1.165, 1.54) is 42.0 Å². The van der Waals surface area contributed by atoms with Gasteiger partial charge in [0.25, 0.3) is 5.91 Å². The van der Waals surface area contributed by atoms with E-state index in [2.05, 4.69) is 0 Å². The number of piperazine rings is 1. The minimum atomic E-state index is -3.67. The molecule has 1 fully saturated rings. The van der Waals surface area contributed by atoms with Gasteiger partial charge in [0.15, 0.2) is 11.5 Å². The molecule has 1 aromatic heterocycles. The molecule has 2 aromatic rings. The number of methoxy groups -OCH3 is 2. The first kappa shape index (κ1) is 19.7. The zero-order chi connectivity index (χ0) is 19.6. The first-order valence-electron chi connectivity index (χ1n) is 8.44. The van der Waals surface area contributed by atoms with Gasteiger partial charge < -0.3 is 14.4 Å². The lowest BCUT2D eigenvalue weighted by Gasteiger charge is -2.34. The molecular formula is C18H22N2O5S2. The van der Waals surface area contributed by atoms with Crippen LogP contribution in [0.25, 0.3) is 0 Å². The Balaban J connectivity index is 1.73. The Labute approximate surface area is 163 Å². The lowest BCUT2D eigenvalue weighted by molar-refractivity contribution is 0.0702. The van der Waals surface area contributed by atoms with Gasteiger partial charge in [0.2, 0.25) is 10.0 Å². The molecule has 0 aliphatic carbocycles. The quantitative estimate of drug-likeness (QED) is 0.756. The predicted octanol–water partition coefficient (Wildman–Crippen LogP) is 2.22. The van der Waals surface area contributed by atoms with E-state index in [9.17, 15) is 13.2 Å². The number of aryl methyl sites for hydroxylation is 1. The van der Waals surface area contributed by atoms with Crippen molar-refractivity contribution < 1.29 is 22.7 Å². The number of nitrogens with zero attached hydrogens (tertiary/aromatic N) is 2. The van der Waals surface area contributed by atoms with Crippen LogP contribution >= 0.6 is 11.3 Å². The van der Waals surface area contributed by atoms with Gasteiger partial charge in [-0.15, -0.1) is 11.3 Å². The summed E-state index contributed by atoms with van der Waals surface area (Å²) in [5.74, 6) is 0.796. The zero-order valence-corrected chi connectivity index (χ0v) is 17.1. The number of carbonyl (C=O) groups excluding carboxylic acids is 1. The molecule has 9 heteroatoms. The minimum Gasteiger partial charge on any atom is -0.493 e. The number of thiophene rings is 1. The monoisotopic (exact) mass is 410 g/mol. The average molecular weight is 411 g/mol. The van der Waals surface area contributed by atoms with Crippen molar-refractivity contribution in [2.45, 2.75) is 11.8 Å². The van der Waals surface area contributed by atoms with Crippen LogP contribution in [0.1, 0.15) is 15.2 Å². The van der Waals surface area contributed by atoms with Crippen molar-refractivity contribution in [1.82, 2.24) is 9.21 Å². The molecule has 27 heavy (non-hydrogen) atoms. The van der Waals surface area contributed by atoms with Crippen LogP contribution in [0, 0.1) is 6.92 Å². The summed E-state index contributed by atoms with van der Waals surface area (Å²) in [5, 5.41) is 1.89. The molecule has 0 spiro atoms. The van der Waals surface area contributed by atoms with Crippen LogP contribution in [0.3, 0.4) is 0 Å². The first-order valence-corrected chi connectivity index (χ1v) is 10.8. The van der Waals surface area contributed by atoms with Gasteiger partial charge in [-0.1, -0.05) is 0 Å². The molecule has 1 amide bonds. The fourth-order valence-corrected chi connectivity index (χ4v) is 5.32. The van der Waals surface area contributed by atoms with Gasteiger partial charge in [0, 0.05) is 32.2 Å². The fourth-order valence-electron chi connectivity index (χ4n) is 2.99. The lowest BCUT2D eigenvalue weighted by Crippen LogP contribution is -2.50. The van der Waals surface area contributed by atoms with E-state index in [1.54, 1.807) is 11.0 Å². The SMILES string of the molecule is COc1ccc(S(=O)(=O)N2CCN(C(=O)c3sccc3C)CC2)cc1OC. The molecule has 7 nitrogen and oxygen atoms in total. The number of benzene rings is 1. The maximum absolute atomic E-state index is 12.9. The van der Waals surface area contributed by atoms with Crippen LogP contribution in [0.5, 0.6) is 11.5 Å². The summed E-state index contributed by atoms with van der Waals surface area (Å²) in [6, 6.07) is 6.45.